The largest absolute Gasteiger partial charge is 0.496 e. The van der Waals surface area contributed by atoms with Crippen LogP contribution in [-0.4, -0.2) is 20.8 Å². The second-order valence-corrected chi connectivity index (χ2v) is 4.41. The molecule has 92 valence electrons. The summed E-state index contributed by atoms with van der Waals surface area (Å²) in [6.07, 6.45) is 4.19. The van der Waals surface area contributed by atoms with E-state index in [2.05, 4.69) is 13.0 Å². The first-order chi connectivity index (χ1) is 8.14. The summed E-state index contributed by atoms with van der Waals surface area (Å²) >= 11 is 0. The Morgan fingerprint density at radius 3 is 2.65 bits per heavy atom. The third-order valence-corrected chi connectivity index (χ3v) is 3.13. The van der Waals surface area contributed by atoms with Crippen molar-refractivity contribution in [1.29, 1.82) is 0 Å². The van der Waals surface area contributed by atoms with Crippen LogP contribution in [0, 0.1) is 0 Å². The van der Waals surface area contributed by atoms with Gasteiger partial charge >= 0.3 is 0 Å². The van der Waals surface area contributed by atoms with E-state index in [0.29, 0.717) is 6.61 Å². The quantitative estimate of drug-likeness (QED) is 0.753. The average Bonchev–Trinajstić information content (AvgIpc) is 2.66. The molecule has 0 amide bonds. The summed E-state index contributed by atoms with van der Waals surface area (Å²) in [5.41, 5.74) is 0.973. The summed E-state index contributed by atoms with van der Waals surface area (Å²) in [7, 11) is 3.31. The fourth-order valence-corrected chi connectivity index (χ4v) is 2.32. The zero-order valence-corrected chi connectivity index (χ0v) is 10.7. The maximum Gasteiger partial charge on any atom is 0.130 e. The summed E-state index contributed by atoms with van der Waals surface area (Å²) < 4.78 is 16.4. The smallest absolute Gasteiger partial charge is 0.130 e. The van der Waals surface area contributed by atoms with Crippen molar-refractivity contribution in [3.63, 3.8) is 0 Å². The molecule has 1 aliphatic heterocycles. The van der Waals surface area contributed by atoms with Gasteiger partial charge in [0.1, 0.15) is 23.9 Å². The number of hydrogen-bond donors (Lipinski definition) is 0. The van der Waals surface area contributed by atoms with Crippen LogP contribution in [0.2, 0.25) is 0 Å². The fraction of sp³-hybridized carbons (Fsp3) is 0.429. The lowest BCUT2D eigenvalue weighted by atomic mass is 9.83. The lowest BCUT2D eigenvalue weighted by Crippen LogP contribution is -2.21. The average molecular weight is 234 g/mol. The van der Waals surface area contributed by atoms with Gasteiger partial charge in [0.25, 0.3) is 0 Å². The summed E-state index contributed by atoms with van der Waals surface area (Å²) in [4.78, 5) is 0. The molecule has 1 aliphatic rings. The number of benzene rings is 1. The third kappa shape index (κ3) is 1.86. The van der Waals surface area contributed by atoms with E-state index < -0.39 is 0 Å². The standard InChI is InChI=1S/C14H18O3/c1-5-6-14(2)9-17-12-8-10(15-3)7-11(16-4)13(12)14/h5-8H,9H2,1-4H3/b6-5+. The number of hydrogen-bond acceptors (Lipinski definition) is 3. The van der Waals surface area contributed by atoms with Crippen LogP contribution in [0.1, 0.15) is 19.4 Å². The van der Waals surface area contributed by atoms with Gasteiger partial charge in [0.2, 0.25) is 0 Å². The molecule has 17 heavy (non-hydrogen) atoms. The molecule has 2 rings (SSSR count). The van der Waals surface area contributed by atoms with Gasteiger partial charge in [0, 0.05) is 17.7 Å². The van der Waals surface area contributed by atoms with Gasteiger partial charge in [-0.05, 0) is 13.8 Å². The number of rotatable bonds is 3. The highest BCUT2D eigenvalue weighted by Crippen LogP contribution is 2.47. The molecule has 1 atom stereocenters. The molecule has 0 fully saturated rings. The number of fused-ring (bicyclic) bond motifs is 1. The minimum atomic E-state index is -0.123. The normalized spacial score (nSPS) is 22.4. The predicted octanol–water partition coefficient (Wildman–Crippen LogP) is 2.93. The van der Waals surface area contributed by atoms with E-state index in [4.69, 9.17) is 14.2 Å². The van der Waals surface area contributed by atoms with Gasteiger partial charge in [-0.1, -0.05) is 12.2 Å². The van der Waals surface area contributed by atoms with Crippen molar-refractivity contribution in [2.45, 2.75) is 19.3 Å². The van der Waals surface area contributed by atoms with Crippen LogP contribution in [0.15, 0.2) is 24.3 Å². The Morgan fingerprint density at radius 1 is 1.29 bits per heavy atom. The number of allylic oxidation sites excluding steroid dienone is 1. The van der Waals surface area contributed by atoms with E-state index in [0.717, 1.165) is 22.8 Å². The van der Waals surface area contributed by atoms with Crippen molar-refractivity contribution in [2.75, 3.05) is 20.8 Å². The molecule has 3 heteroatoms. The molecule has 0 spiro atoms. The summed E-state index contributed by atoms with van der Waals surface area (Å²) in [5, 5.41) is 0. The van der Waals surface area contributed by atoms with Crippen LogP contribution >= 0.6 is 0 Å². The van der Waals surface area contributed by atoms with Gasteiger partial charge < -0.3 is 14.2 Å². The molecule has 0 saturated heterocycles. The molecule has 0 bridgehead atoms. The molecule has 0 saturated carbocycles. The van der Waals surface area contributed by atoms with Gasteiger partial charge in [-0.3, -0.25) is 0 Å². The van der Waals surface area contributed by atoms with Gasteiger partial charge in [-0.25, -0.2) is 0 Å². The molecule has 0 aliphatic carbocycles. The maximum absolute atomic E-state index is 5.74. The first-order valence-electron chi connectivity index (χ1n) is 5.68. The van der Waals surface area contributed by atoms with Gasteiger partial charge in [0.15, 0.2) is 0 Å². The van der Waals surface area contributed by atoms with Crippen LogP contribution < -0.4 is 14.2 Å². The minimum absolute atomic E-state index is 0.123. The highest BCUT2D eigenvalue weighted by atomic mass is 16.5. The molecule has 0 radical (unpaired) electrons. The molecular formula is C14H18O3. The lowest BCUT2D eigenvalue weighted by molar-refractivity contribution is 0.305. The van der Waals surface area contributed by atoms with E-state index in [9.17, 15) is 0 Å². The van der Waals surface area contributed by atoms with Crippen molar-refractivity contribution < 1.29 is 14.2 Å². The van der Waals surface area contributed by atoms with E-state index >= 15 is 0 Å². The Bertz CT molecular complexity index is 451. The summed E-state index contributed by atoms with van der Waals surface area (Å²) in [6.45, 7) is 4.79. The Balaban J connectivity index is 2.58. The first kappa shape index (κ1) is 11.8. The van der Waals surface area contributed by atoms with Crippen molar-refractivity contribution in [3.8, 4) is 17.2 Å². The molecule has 1 unspecified atom stereocenters. The van der Waals surface area contributed by atoms with E-state index in [1.807, 2.05) is 25.1 Å². The zero-order valence-electron chi connectivity index (χ0n) is 10.7. The van der Waals surface area contributed by atoms with Crippen molar-refractivity contribution in [1.82, 2.24) is 0 Å². The van der Waals surface area contributed by atoms with Gasteiger partial charge in [0.05, 0.1) is 19.6 Å². The topological polar surface area (TPSA) is 27.7 Å². The molecule has 1 heterocycles. The van der Waals surface area contributed by atoms with Crippen LogP contribution in [0.5, 0.6) is 17.2 Å². The van der Waals surface area contributed by atoms with E-state index in [1.54, 1.807) is 14.2 Å². The second kappa shape index (κ2) is 4.32. The highest BCUT2D eigenvalue weighted by Gasteiger charge is 2.37. The Hall–Kier alpha value is -1.64. The molecular weight excluding hydrogens is 216 g/mol. The van der Waals surface area contributed by atoms with Crippen LogP contribution in [0.3, 0.4) is 0 Å². The molecule has 3 nitrogen and oxygen atoms in total. The maximum atomic E-state index is 5.74. The third-order valence-electron chi connectivity index (χ3n) is 3.13. The van der Waals surface area contributed by atoms with Gasteiger partial charge in [-0.15, -0.1) is 0 Å². The monoisotopic (exact) mass is 234 g/mol. The minimum Gasteiger partial charge on any atom is -0.496 e. The van der Waals surface area contributed by atoms with Crippen LogP contribution in [-0.2, 0) is 5.41 Å². The predicted molar refractivity (Wildman–Crippen MR) is 67.2 cm³/mol. The Morgan fingerprint density at radius 2 is 2.06 bits per heavy atom. The SMILES string of the molecule is C/C=C/C1(C)COc2cc(OC)cc(OC)c21. The second-order valence-electron chi connectivity index (χ2n) is 4.41. The summed E-state index contributed by atoms with van der Waals surface area (Å²) in [6, 6.07) is 3.81. The van der Waals surface area contributed by atoms with Gasteiger partial charge in [-0.2, -0.15) is 0 Å². The lowest BCUT2D eigenvalue weighted by Gasteiger charge is -2.20. The fourth-order valence-electron chi connectivity index (χ4n) is 2.32. The molecule has 1 aromatic rings. The zero-order chi connectivity index (χ0) is 12.5. The van der Waals surface area contributed by atoms with E-state index in [1.165, 1.54) is 0 Å². The first-order valence-corrected chi connectivity index (χ1v) is 5.68. The Labute approximate surface area is 102 Å². The van der Waals surface area contributed by atoms with E-state index in [-0.39, 0.29) is 5.41 Å². The van der Waals surface area contributed by atoms with Crippen molar-refractivity contribution in [2.24, 2.45) is 0 Å². The molecule has 0 aromatic heterocycles. The number of methoxy groups -OCH3 is 2. The Kier molecular flexibility index (Phi) is 3.01. The molecule has 0 N–H and O–H groups in total. The van der Waals surface area contributed by atoms with Crippen molar-refractivity contribution in [3.05, 3.63) is 29.8 Å². The highest BCUT2D eigenvalue weighted by molar-refractivity contribution is 5.58. The van der Waals surface area contributed by atoms with Crippen molar-refractivity contribution >= 4 is 0 Å². The number of ether oxygens (including phenoxy) is 3. The van der Waals surface area contributed by atoms with Crippen LogP contribution in [0.4, 0.5) is 0 Å². The molecule has 1 aromatic carbocycles. The van der Waals surface area contributed by atoms with Crippen LogP contribution in [0.25, 0.3) is 0 Å². The summed E-state index contributed by atoms with van der Waals surface area (Å²) in [5.74, 6) is 2.42.